The van der Waals surface area contributed by atoms with Gasteiger partial charge in [-0.3, -0.25) is 19.3 Å². The lowest BCUT2D eigenvalue weighted by Gasteiger charge is -2.31. The van der Waals surface area contributed by atoms with Gasteiger partial charge in [-0.25, -0.2) is 0 Å². The molecule has 4 atom stereocenters. The molecule has 2 amide bonds. The number of nitrogens with zero attached hydrogens (tertiary/aromatic N) is 1. The van der Waals surface area contributed by atoms with Crippen molar-refractivity contribution in [3.8, 4) is 5.75 Å². The first kappa shape index (κ1) is 29.0. The Balaban J connectivity index is 1.44. The highest BCUT2D eigenvalue weighted by molar-refractivity contribution is 6.06. The molecule has 0 spiro atoms. The topological polar surface area (TPSA) is 113 Å². The third kappa shape index (κ3) is 6.28. The van der Waals surface area contributed by atoms with E-state index in [4.69, 9.17) is 14.6 Å². The number of carbonyl (C=O) groups is 3. The Hall–Kier alpha value is -2.97. The Kier molecular flexibility index (Phi) is 9.28. The van der Waals surface area contributed by atoms with E-state index in [1.807, 2.05) is 26.0 Å². The van der Waals surface area contributed by atoms with Gasteiger partial charge in [0, 0.05) is 26.0 Å². The van der Waals surface area contributed by atoms with Gasteiger partial charge in [0.15, 0.2) is 0 Å². The highest BCUT2D eigenvalue weighted by Gasteiger charge is 2.56. The lowest BCUT2D eigenvalue weighted by molar-refractivity contribution is -0.141. The van der Waals surface area contributed by atoms with E-state index in [1.165, 1.54) is 10.5 Å². The van der Waals surface area contributed by atoms with Crippen LogP contribution >= 0.6 is 0 Å². The third-order valence-electron chi connectivity index (χ3n) is 8.42. The number of hydrogen-bond acceptors (Lipinski definition) is 6. The molecule has 1 aromatic rings. The van der Waals surface area contributed by atoms with Crippen molar-refractivity contribution >= 4 is 23.9 Å². The minimum Gasteiger partial charge on any atom is -0.507 e. The van der Waals surface area contributed by atoms with Crippen molar-refractivity contribution in [3.05, 3.63) is 45.5 Å². The number of hydrogen-bond donors (Lipinski definition) is 2. The van der Waals surface area contributed by atoms with Crippen LogP contribution in [0.1, 0.15) is 68.6 Å². The largest absolute Gasteiger partial charge is 0.507 e. The minimum absolute atomic E-state index is 0.102. The number of carboxylic acid groups (broad SMARTS) is 1. The second-order valence-corrected chi connectivity index (χ2v) is 11.3. The lowest BCUT2D eigenvalue weighted by Crippen LogP contribution is -2.35. The summed E-state index contributed by atoms with van der Waals surface area (Å²) >= 11 is 0. The molecule has 0 unspecified atom stereocenters. The number of fused-ring (bicyclic) bond motifs is 3. The Morgan fingerprint density at radius 3 is 2.49 bits per heavy atom. The molecule has 0 radical (unpaired) electrons. The summed E-state index contributed by atoms with van der Waals surface area (Å²) in [7, 11) is 1.65. The van der Waals surface area contributed by atoms with Crippen LogP contribution in [-0.4, -0.2) is 65.9 Å². The number of aromatic hydroxyl groups is 1. The summed E-state index contributed by atoms with van der Waals surface area (Å²) in [5, 5.41) is 18.9. The molecule has 212 valence electrons. The molecular formula is C31H41NO7. The molecule has 3 aliphatic rings. The van der Waals surface area contributed by atoms with E-state index in [0.717, 1.165) is 40.7 Å². The second kappa shape index (κ2) is 12.5. The second-order valence-electron chi connectivity index (χ2n) is 11.3. The molecule has 2 saturated heterocycles. The Morgan fingerprint density at radius 2 is 1.82 bits per heavy atom. The smallest absolute Gasteiger partial charge is 0.303 e. The van der Waals surface area contributed by atoms with Crippen molar-refractivity contribution in [2.45, 2.75) is 71.8 Å². The standard InChI is InChI=1S/C31H41NO7/c1-18(12-21-13-19(2)29(35)20(3)14-21)9-10-25-27-22(16-38-4)15-23-28(24(27)17-39-25)31(37)32(30(23)36)11-7-5-6-8-26(33)34/h12-14,23-25,28,35H,5-11,15-17H2,1-4H3,(H,33,34)/b18-12+/t23-,24+,25-,28-/m1/s1. The number of likely N-dealkylation sites (tertiary alicyclic amines) is 1. The number of imide groups is 1. The van der Waals surface area contributed by atoms with Crippen LogP contribution in [0.15, 0.2) is 28.9 Å². The molecule has 2 aliphatic heterocycles. The molecule has 1 aromatic carbocycles. The van der Waals surface area contributed by atoms with Gasteiger partial charge in [0.2, 0.25) is 11.8 Å². The van der Waals surface area contributed by atoms with E-state index >= 15 is 0 Å². The van der Waals surface area contributed by atoms with Crippen molar-refractivity contribution in [3.63, 3.8) is 0 Å². The summed E-state index contributed by atoms with van der Waals surface area (Å²) in [6, 6.07) is 3.96. The van der Waals surface area contributed by atoms with Crippen molar-refractivity contribution in [1.29, 1.82) is 0 Å². The zero-order valence-electron chi connectivity index (χ0n) is 23.5. The number of aryl methyl sites for hydroxylation is 2. The quantitative estimate of drug-likeness (QED) is 0.223. The fraction of sp³-hybridized carbons (Fsp3) is 0.581. The van der Waals surface area contributed by atoms with E-state index in [1.54, 1.807) is 7.11 Å². The average Bonchev–Trinajstić information content (AvgIpc) is 3.40. The molecule has 8 heteroatoms. The van der Waals surface area contributed by atoms with Crippen LogP contribution in [0.3, 0.4) is 0 Å². The highest BCUT2D eigenvalue weighted by atomic mass is 16.5. The number of ether oxygens (including phenoxy) is 2. The molecule has 1 aliphatic carbocycles. The third-order valence-corrected chi connectivity index (χ3v) is 8.42. The van der Waals surface area contributed by atoms with Crippen molar-refractivity contribution in [2.24, 2.45) is 17.8 Å². The number of carboxylic acids is 1. The van der Waals surface area contributed by atoms with Crippen LogP contribution < -0.4 is 0 Å². The Labute approximate surface area is 230 Å². The van der Waals surface area contributed by atoms with Crippen molar-refractivity contribution in [1.82, 2.24) is 4.90 Å². The van der Waals surface area contributed by atoms with Crippen molar-refractivity contribution < 1.29 is 34.1 Å². The van der Waals surface area contributed by atoms with E-state index < -0.39 is 11.9 Å². The van der Waals surface area contributed by atoms with Gasteiger partial charge in [-0.15, -0.1) is 0 Å². The summed E-state index contributed by atoms with van der Waals surface area (Å²) in [6.45, 7) is 7.09. The van der Waals surface area contributed by atoms with Crippen LogP contribution in [-0.2, 0) is 23.9 Å². The number of allylic oxidation sites excluding steroid dienone is 1. The molecule has 0 aromatic heterocycles. The molecule has 0 bridgehead atoms. The number of rotatable bonds is 12. The molecule has 2 fully saturated rings. The first-order chi connectivity index (χ1) is 18.6. The van der Waals surface area contributed by atoms with Crippen LogP contribution in [0.4, 0.5) is 0 Å². The Morgan fingerprint density at radius 1 is 1.10 bits per heavy atom. The zero-order chi connectivity index (χ0) is 28.3. The lowest BCUT2D eigenvalue weighted by atomic mass is 9.69. The summed E-state index contributed by atoms with van der Waals surface area (Å²) in [6.07, 6.45) is 6.08. The first-order valence-electron chi connectivity index (χ1n) is 14.0. The van der Waals surface area contributed by atoms with Crippen LogP contribution in [0.2, 0.25) is 0 Å². The van der Waals surface area contributed by atoms with Crippen LogP contribution in [0, 0.1) is 31.6 Å². The maximum Gasteiger partial charge on any atom is 0.303 e. The predicted octanol–water partition coefficient (Wildman–Crippen LogP) is 4.80. The van der Waals surface area contributed by atoms with Crippen LogP contribution in [0.5, 0.6) is 5.75 Å². The highest BCUT2D eigenvalue weighted by Crippen LogP contribution is 2.50. The summed E-state index contributed by atoms with van der Waals surface area (Å²) in [5.41, 5.74) is 6.20. The van der Waals surface area contributed by atoms with E-state index in [-0.39, 0.29) is 36.2 Å². The fourth-order valence-electron chi connectivity index (χ4n) is 6.58. The molecule has 2 heterocycles. The Bertz CT molecular complexity index is 1160. The van der Waals surface area contributed by atoms with E-state index in [2.05, 4.69) is 13.0 Å². The van der Waals surface area contributed by atoms with E-state index in [0.29, 0.717) is 51.2 Å². The normalized spacial score (nSPS) is 24.9. The first-order valence-corrected chi connectivity index (χ1v) is 14.0. The number of carbonyl (C=O) groups excluding carboxylic acids is 2. The SMILES string of the molecule is COCC1=C2[C@@H](CC/C(C)=C/c3cc(C)c(O)c(C)c3)OC[C@@H]2[C@@H]2C(=O)N(CCCCCC(=O)O)C(=O)[C@@H]2C1. The molecule has 39 heavy (non-hydrogen) atoms. The van der Waals surface area contributed by atoms with Gasteiger partial charge in [0.1, 0.15) is 5.75 Å². The zero-order valence-corrected chi connectivity index (χ0v) is 23.5. The van der Waals surface area contributed by atoms with Gasteiger partial charge in [-0.05, 0) is 92.8 Å². The summed E-state index contributed by atoms with van der Waals surface area (Å²) in [4.78, 5) is 38.9. The minimum atomic E-state index is -0.828. The monoisotopic (exact) mass is 539 g/mol. The van der Waals surface area contributed by atoms with Crippen LogP contribution in [0.25, 0.3) is 6.08 Å². The summed E-state index contributed by atoms with van der Waals surface area (Å²) < 4.78 is 11.8. The van der Waals surface area contributed by atoms with Crippen molar-refractivity contribution in [2.75, 3.05) is 26.9 Å². The number of phenols is 1. The predicted molar refractivity (Wildman–Crippen MR) is 147 cm³/mol. The van der Waals surface area contributed by atoms with Gasteiger partial charge in [-0.1, -0.05) is 18.1 Å². The molecule has 2 N–H and O–H groups in total. The van der Waals surface area contributed by atoms with E-state index in [9.17, 15) is 19.5 Å². The molecule has 4 rings (SSSR count). The fourth-order valence-corrected chi connectivity index (χ4v) is 6.58. The number of amides is 2. The number of aliphatic carboxylic acids is 1. The summed E-state index contributed by atoms with van der Waals surface area (Å²) in [5.74, 6) is -1.60. The number of phenolic OH excluding ortho intramolecular Hbond substituents is 1. The van der Waals surface area contributed by atoms with Gasteiger partial charge in [0.05, 0.1) is 31.2 Å². The molecular weight excluding hydrogens is 498 g/mol. The number of benzene rings is 1. The average molecular weight is 540 g/mol. The maximum atomic E-state index is 13.5. The molecule has 8 nitrogen and oxygen atoms in total. The maximum absolute atomic E-state index is 13.5. The number of methoxy groups -OCH3 is 1. The molecule has 0 saturated carbocycles. The van der Waals surface area contributed by atoms with Gasteiger partial charge >= 0.3 is 5.97 Å². The van der Waals surface area contributed by atoms with Gasteiger partial charge in [0.25, 0.3) is 0 Å². The van der Waals surface area contributed by atoms with Gasteiger partial charge in [-0.2, -0.15) is 0 Å². The van der Waals surface area contributed by atoms with Gasteiger partial charge < -0.3 is 19.7 Å². The number of unbranched alkanes of at least 4 members (excludes halogenated alkanes) is 2.